The molecule has 0 spiro atoms. The van der Waals surface area contributed by atoms with Gasteiger partial charge in [0.1, 0.15) is 0 Å². The molecule has 2 aliphatic rings. The number of carbonyl (C=O) groups excluding carboxylic acids is 1. The van der Waals surface area contributed by atoms with Crippen molar-refractivity contribution in [2.75, 3.05) is 23.9 Å². The number of phenolic OH excluding ortho intramolecular Hbond substituents is 1. The van der Waals surface area contributed by atoms with Crippen LogP contribution in [0.5, 0.6) is 11.5 Å². The molecule has 5 nitrogen and oxygen atoms in total. The zero-order valence-electron chi connectivity index (χ0n) is 12.2. The summed E-state index contributed by atoms with van der Waals surface area (Å²) in [5.41, 5.74) is 3.33. The average molecular weight is 296 g/mol. The van der Waals surface area contributed by atoms with Gasteiger partial charge in [-0.25, -0.2) is 0 Å². The SMILES string of the molecule is COc1cc2c(cc1O)NC[C@@H]1Cc3ccccc3N1C2=O. The first kappa shape index (κ1) is 13.0. The summed E-state index contributed by atoms with van der Waals surface area (Å²) in [6.07, 6.45) is 0.839. The van der Waals surface area contributed by atoms with Gasteiger partial charge in [0.25, 0.3) is 5.91 Å². The van der Waals surface area contributed by atoms with Crippen LogP contribution in [0.1, 0.15) is 15.9 Å². The summed E-state index contributed by atoms with van der Waals surface area (Å²) >= 11 is 0. The van der Waals surface area contributed by atoms with Gasteiger partial charge in [-0.2, -0.15) is 0 Å². The van der Waals surface area contributed by atoms with E-state index in [0.29, 0.717) is 23.5 Å². The first-order valence-electron chi connectivity index (χ1n) is 7.25. The van der Waals surface area contributed by atoms with Gasteiger partial charge in [-0.1, -0.05) is 18.2 Å². The minimum Gasteiger partial charge on any atom is -0.504 e. The number of para-hydroxylation sites is 1. The van der Waals surface area contributed by atoms with Gasteiger partial charge < -0.3 is 20.1 Å². The van der Waals surface area contributed by atoms with E-state index in [2.05, 4.69) is 11.4 Å². The minimum absolute atomic E-state index is 0.0315. The highest BCUT2D eigenvalue weighted by Gasteiger charge is 2.37. The van der Waals surface area contributed by atoms with E-state index in [1.165, 1.54) is 12.7 Å². The Balaban J connectivity index is 1.85. The molecule has 2 aromatic rings. The van der Waals surface area contributed by atoms with Crippen LogP contribution in [0.4, 0.5) is 11.4 Å². The van der Waals surface area contributed by atoms with Crippen molar-refractivity contribution in [2.45, 2.75) is 12.5 Å². The summed E-state index contributed by atoms with van der Waals surface area (Å²) in [6, 6.07) is 11.2. The normalized spacial score (nSPS) is 18.9. The number of anilines is 2. The fraction of sp³-hybridized carbons (Fsp3) is 0.235. The molecule has 4 rings (SSSR count). The lowest BCUT2D eigenvalue weighted by atomic mass is 10.1. The second kappa shape index (κ2) is 4.66. The molecule has 0 saturated carbocycles. The number of methoxy groups -OCH3 is 1. The van der Waals surface area contributed by atoms with E-state index in [1.54, 1.807) is 12.1 Å². The zero-order valence-corrected chi connectivity index (χ0v) is 12.2. The third kappa shape index (κ3) is 1.75. The number of ether oxygens (including phenoxy) is 1. The Morgan fingerprint density at radius 2 is 2.14 bits per heavy atom. The number of fused-ring (bicyclic) bond motifs is 4. The molecule has 0 radical (unpaired) electrons. The molecule has 1 atom stereocenters. The smallest absolute Gasteiger partial charge is 0.260 e. The predicted octanol–water partition coefficient (Wildman–Crippen LogP) is 2.40. The van der Waals surface area contributed by atoms with Crippen LogP contribution in [0.2, 0.25) is 0 Å². The van der Waals surface area contributed by atoms with Gasteiger partial charge in [0.2, 0.25) is 0 Å². The highest BCUT2D eigenvalue weighted by Crippen LogP contribution is 2.39. The van der Waals surface area contributed by atoms with E-state index in [4.69, 9.17) is 4.74 Å². The van der Waals surface area contributed by atoms with E-state index in [1.807, 2.05) is 23.1 Å². The molecule has 2 heterocycles. The summed E-state index contributed by atoms with van der Waals surface area (Å²) in [5.74, 6) is 0.275. The van der Waals surface area contributed by atoms with Gasteiger partial charge in [-0.15, -0.1) is 0 Å². The van der Waals surface area contributed by atoms with Crippen LogP contribution in [0.3, 0.4) is 0 Å². The fourth-order valence-electron chi connectivity index (χ4n) is 3.31. The second-order valence-corrected chi connectivity index (χ2v) is 5.61. The number of hydrogen-bond donors (Lipinski definition) is 2. The molecule has 0 aliphatic carbocycles. The monoisotopic (exact) mass is 296 g/mol. The highest BCUT2D eigenvalue weighted by atomic mass is 16.5. The van der Waals surface area contributed by atoms with Crippen molar-refractivity contribution < 1.29 is 14.6 Å². The first-order chi connectivity index (χ1) is 10.7. The predicted molar refractivity (Wildman–Crippen MR) is 83.9 cm³/mol. The van der Waals surface area contributed by atoms with Gasteiger partial charge in [-0.05, 0) is 24.1 Å². The minimum atomic E-state index is -0.0618. The van der Waals surface area contributed by atoms with Gasteiger partial charge >= 0.3 is 0 Å². The number of benzene rings is 2. The molecule has 2 aromatic carbocycles. The largest absolute Gasteiger partial charge is 0.504 e. The van der Waals surface area contributed by atoms with E-state index >= 15 is 0 Å². The van der Waals surface area contributed by atoms with Crippen molar-refractivity contribution in [1.29, 1.82) is 0 Å². The van der Waals surface area contributed by atoms with Crippen LogP contribution < -0.4 is 15.0 Å². The highest BCUT2D eigenvalue weighted by molar-refractivity contribution is 6.12. The lowest BCUT2D eigenvalue weighted by molar-refractivity contribution is 0.0983. The first-order valence-corrected chi connectivity index (χ1v) is 7.25. The maximum atomic E-state index is 13.0. The number of phenols is 1. The number of rotatable bonds is 1. The summed E-state index contributed by atoms with van der Waals surface area (Å²) in [5, 5.41) is 13.2. The van der Waals surface area contributed by atoms with Gasteiger partial charge in [-0.3, -0.25) is 4.79 Å². The van der Waals surface area contributed by atoms with E-state index < -0.39 is 0 Å². The summed E-state index contributed by atoms with van der Waals surface area (Å²) < 4.78 is 5.13. The second-order valence-electron chi connectivity index (χ2n) is 5.61. The third-order valence-corrected chi connectivity index (χ3v) is 4.37. The molecule has 0 saturated heterocycles. The molecular weight excluding hydrogens is 280 g/mol. The third-order valence-electron chi connectivity index (χ3n) is 4.37. The van der Waals surface area contributed by atoms with Crippen LogP contribution in [0.15, 0.2) is 36.4 Å². The van der Waals surface area contributed by atoms with E-state index in [9.17, 15) is 9.90 Å². The molecule has 0 unspecified atom stereocenters. The van der Waals surface area contributed by atoms with Crippen LogP contribution in [-0.4, -0.2) is 30.7 Å². The van der Waals surface area contributed by atoms with Crippen molar-refractivity contribution in [1.82, 2.24) is 0 Å². The molecule has 112 valence electrons. The molecule has 22 heavy (non-hydrogen) atoms. The Hall–Kier alpha value is -2.69. The van der Waals surface area contributed by atoms with Gasteiger partial charge in [0.15, 0.2) is 11.5 Å². The molecule has 0 aromatic heterocycles. The summed E-state index contributed by atoms with van der Waals surface area (Å²) in [6.45, 7) is 0.652. The van der Waals surface area contributed by atoms with Gasteiger partial charge in [0.05, 0.1) is 24.4 Å². The Labute approximate surface area is 128 Å². The lowest BCUT2D eigenvalue weighted by Gasteiger charge is -2.22. The molecule has 2 N–H and O–H groups in total. The molecule has 1 amide bonds. The Kier molecular flexibility index (Phi) is 2.76. The van der Waals surface area contributed by atoms with Crippen molar-refractivity contribution in [3.05, 3.63) is 47.5 Å². The van der Waals surface area contributed by atoms with Crippen molar-refractivity contribution in [2.24, 2.45) is 0 Å². The molecule has 2 aliphatic heterocycles. The maximum absolute atomic E-state index is 13.0. The fourth-order valence-corrected chi connectivity index (χ4v) is 3.31. The number of amides is 1. The van der Waals surface area contributed by atoms with E-state index in [0.717, 1.165) is 12.1 Å². The van der Waals surface area contributed by atoms with Gasteiger partial charge in [0, 0.05) is 18.3 Å². The van der Waals surface area contributed by atoms with Crippen molar-refractivity contribution in [3.63, 3.8) is 0 Å². The maximum Gasteiger partial charge on any atom is 0.260 e. The lowest BCUT2D eigenvalue weighted by Crippen LogP contribution is -2.39. The molecule has 0 bridgehead atoms. The van der Waals surface area contributed by atoms with Crippen LogP contribution >= 0.6 is 0 Å². The van der Waals surface area contributed by atoms with Crippen LogP contribution in [0.25, 0.3) is 0 Å². The number of nitrogens with one attached hydrogen (secondary N) is 1. The Morgan fingerprint density at radius 1 is 1.32 bits per heavy atom. The molecular formula is C17H16N2O3. The Morgan fingerprint density at radius 3 is 2.95 bits per heavy atom. The average Bonchev–Trinajstić information content (AvgIpc) is 2.84. The molecule has 5 heteroatoms. The number of aromatic hydroxyl groups is 1. The number of nitrogens with zero attached hydrogens (tertiary/aromatic N) is 1. The van der Waals surface area contributed by atoms with Crippen LogP contribution in [0, 0.1) is 0 Å². The Bertz CT molecular complexity index is 772. The standard InChI is InChI=1S/C17H16N2O3/c1-22-16-7-12-13(8-15(16)20)18-9-11-6-10-4-2-3-5-14(10)19(11)17(12)21/h2-5,7-8,11,18,20H,6,9H2,1H3/t11-/m0/s1. The topological polar surface area (TPSA) is 61.8 Å². The van der Waals surface area contributed by atoms with Crippen molar-refractivity contribution in [3.8, 4) is 11.5 Å². The number of carbonyl (C=O) groups is 1. The quantitative estimate of drug-likeness (QED) is 0.848. The van der Waals surface area contributed by atoms with Crippen LogP contribution in [-0.2, 0) is 6.42 Å². The number of hydrogen-bond acceptors (Lipinski definition) is 4. The summed E-state index contributed by atoms with van der Waals surface area (Å²) in [7, 11) is 1.48. The summed E-state index contributed by atoms with van der Waals surface area (Å²) in [4.78, 5) is 14.9. The van der Waals surface area contributed by atoms with E-state index in [-0.39, 0.29) is 17.7 Å². The molecule has 0 fully saturated rings. The van der Waals surface area contributed by atoms with Crippen molar-refractivity contribution >= 4 is 17.3 Å². The zero-order chi connectivity index (χ0) is 15.3.